The first-order chi connectivity index (χ1) is 11.5. The second-order valence-corrected chi connectivity index (χ2v) is 5.63. The molecule has 7 heteroatoms. The largest absolute Gasteiger partial charge is 0.461 e. The average molecular weight is 355 g/mol. The minimum absolute atomic E-state index is 0.234. The van der Waals surface area contributed by atoms with Gasteiger partial charge in [-0.1, -0.05) is 32.4 Å². The number of anilines is 1. The Balaban J connectivity index is 0.00000139. The van der Waals surface area contributed by atoms with E-state index in [-0.39, 0.29) is 11.7 Å². The quantitative estimate of drug-likeness (QED) is 0.574. The van der Waals surface area contributed by atoms with Crippen molar-refractivity contribution in [3.05, 3.63) is 23.0 Å². The lowest BCUT2D eigenvalue weighted by molar-refractivity contribution is 0.0519. The average Bonchev–Trinajstić information content (AvgIpc) is 2.97. The van der Waals surface area contributed by atoms with Crippen LogP contribution in [0.2, 0.25) is 5.15 Å². The summed E-state index contributed by atoms with van der Waals surface area (Å²) in [5, 5.41) is 4.71. The van der Waals surface area contributed by atoms with Crippen molar-refractivity contribution in [2.75, 3.05) is 18.1 Å². The number of nitrogens with zero attached hydrogens (tertiary/aromatic N) is 4. The lowest BCUT2D eigenvalue weighted by Gasteiger charge is -2.28. The van der Waals surface area contributed by atoms with E-state index < -0.39 is 5.97 Å². The molecule has 2 rings (SSSR count). The zero-order valence-corrected chi connectivity index (χ0v) is 16.1. The van der Waals surface area contributed by atoms with E-state index in [4.69, 9.17) is 16.3 Å². The first-order valence-electron chi connectivity index (χ1n) is 8.48. The van der Waals surface area contributed by atoms with Crippen LogP contribution in [0.3, 0.4) is 0 Å². The molecule has 2 aromatic heterocycles. The number of aromatic nitrogens is 3. The van der Waals surface area contributed by atoms with E-state index in [0.717, 1.165) is 18.8 Å². The molecule has 0 unspecified atom stereocenters. The van der Waals surface area contributed by atoms with Crippen LogP contribution in [0.25, 0.3) is 5.65 Å². The third-order valence-corrected chi connectivity index (χ3v) is 3.44. The number of esters is 1. The number of rotatable bonds is 6. The SMILES string of the molecule is CC.CCCN(c1cc(Cl)nc2cc(C(=O)OCC)nn12)C(C)C. The van der Waals surface area contributed by atoms with Crippen LogP contribution >= 0.6 is 11.6 Å². The third-order valence-electron chi connectivity index (χ3n) is 3.24. The number of hydrogen-bond donors (Lipinski definition) is 0. The topological polar surface area (TPSA) is 59.7 Å². The number of carbonyl (C=O) groups is 1. The highest BCUT2D eigenvalue weighted by Gasteiger charge is 2.19. The van der Waals surface area contributed by atoms with Crippen molar-refractivity contribution in [3.63, 3.8) is 0 Å². The van der Waals surface area contributed by atoms with Crippen molar-refractivity contribution in [3.8, 4) is 0 Å². The van der Waals surface area contributed by atoms with Gasteiger partial charge in [0, 0.05) is 24.7 Å². The van der Waals surface area contributed by atoms with Crippen LogP contribution in [-0.4, -0.2) is 39.8 Å². The first kappa shape index (κ1) is 20.2. The lowest BCUT2D eigenvalue weighted by Crippen LogP contribution is -2.33. The Labute approximate surface area is 148 Å². The summed E-state index contributed by atoms with van der Waals surface area (Å²) in [5.41, 5.74) is 0.769. The number of fused-ring (bicyclic) bond motifs is 1. The van der Waals surface area contributed by atoms with Crippen LogP contribution in [0, 0.1) is 0 Å². The Hall–Kier alpha value is -1.82. The number of ether oxygens (including phenoxy) is 1. The van der Waals surface area contributed by atoms with Crippen LogP contribution in [0.4, 0.5) is 5.82 Å². The zero-order chi connectivity index (χ0) is 18.3. The molecule has 0 spiro atoms. The highest BCUT2D eigenvalue weighted by atomic mass is 35.5. The molecule has 0 aliphatic heterocycles. The van der Waals surface area contributed by atoms with Crippen LogP contribution < -0.4 is 4.90 Å². The molecule has 0 N–H and O–H groups in total. The highest BCUT2D eigenvalue weighted by Crippen LogP contribution is 2.23. The summed E-state index contributed by atoms with van der Waals surface area (Å²) in [5.74, 6) is 0.365. The molecule has 0 radical (unpaired) electrons. The molecule has 0 aliphatic rings. The van der Waals surface area contributed by atoms with Gasteiger partial charge in [-0.15, -0.1) is 0 Å². The van der Waals surface area contributed by atoms with Gasteiger partial charge in [-0.25, -0.2) is 9.78 Å². The Morgan fingerprint density at radius 1 is 1.33 bits per heavy atom. The summed E-state index contributed by atoms with van der Waals surface area (Å²) in [6.45, 7) is 13.2. The maximum Gasteiger partial charge on any atom is 0.358 e. The molecule has 6 nitrogen and oxygen atoms in total. The first-order valence-corrected chi connectivity index (χ1v) is 8.85. The van der Waals surface area contributed by atoms with E-state index in [9.17, 15) is 4.79 Å². The Kier molecular flexibility index (Phi) is 7.98. The molecule has 2 heterocycles. The molecule has 0 atom stereocenters. The van der Waals surface area contributed by atoms with Crippen molar-refractivity contribution >= 4 is 29.0 Å². The van der Waals surface area contributed by atoms with Crippen LogP contribution in [-0.2, 0) is 4.74 Å². The van der Waals surface area contributed by atoms with E-state index in [1.54, 1.807) is 23.6 Å². The molecule has 0 aliphatic carbocycles. The van der Waals surface area contributed by atoms with Crippen LogP contribution in [0.15, 0.2) is 12.1 Å². The van der Waals surface area contributed by atoms with Gasteiger partial charge in [0.25, 0.3) is 0 Å². The molecule has 2 aromatic rings. The van der Waals surface area contributed by atoms with Gasteiger partial charge in [0.05, 0.1) is 6.61 Å². The summed E-state index contributed by atoms with van der Waals surface area (Å²) >= 11 is 6.13. The Bertz CT molecular complexity index is 670. The molecule has 24 heavy (non-hydrogen) atoms. The maximum atomic E-state index is 11.9. The fourth-order valence-corrected chi connectivity index (χ4v) is 2.50. The predicted molar refractivity (Wildman–Crippen MR) is 98.1 cm³/mol. The normalized spacial score (nSPS) is 10.5. The summed E-state index contributed by atoms with van der Waals surface area (Å²) in [7, 11) is 0. The summed E-state index contributed by atoms with van der Waals surface area (Å²) in [6, 6.07) is 3.64. The molecular weight excluding hydrogens is 328 g/mol. The van der Waals surface area contributed by atoms with Crippen LogP contribution in [0.5, 0.6) is 0 Å². The van der Waals surface area contributed by atoms with E-state index >= 15 is 0 Å². The molecule has 134 valence electrons. The molecular formula is C17H27ClN4O2. The molecule has 0 fully saturated rings. The molecule has 0 saturated heterocycles. The zero-order valence-electron chi connectivity index (χ0n) is 15.3. The minimum atomic E-state index is -0.457. The van der Waals surface area contributed by atoms with Gasteiger partial charge in [0.1, 0.15) is 11.0 Å². The van der Waals surface area contributed by atoms with Crippen molar-refractivity contribution in [1.29, 1.82) is 0 Å². The van der Waals surface area contributed by atoms with Crippen molar-refractivity contribution in [2.24, 2.45) is 0 Å². The molecule has 0 saturated carbocycles. The Morgan fingerprint density at radius 2 is 2.00 bits per heavy atom. The van der Waals surface area contributed by atoms with Gasteiger partial charge in [0.2, 0.25) is 0 Å². The molecule has 0 aromatic carbocycles. The van der Waals surface area contributed by atoms with E-state index in [1.807, 2.05) is 13.8 Å². The van der Waals surface area contributed by atoms with Gasteiger partial charge < -0.3 is 9.64 Å². The fraction of sp³-hybridized carbons (Fsp3) is 0.588. The lowest BCUT2D eigenvalue weighted by atomic mass is 10.3. The molecule has 0 bridgehead atoms. The second-order valence-electron chi connectivity index (χ2n) is 5.24. The Morgan fingerprint density at radius 3 is 2.54 bits per heavy atom. The number of hydrogen-bond acceptors (Lipinski definition) is 5. The third kappa shape index (κ3) is 4.60. The van der Waals surface area contributed by atoms with Crippen LogP contribution in [0.1, 0.15) is 58.5 Å². The van der Waals surface area contributed by atoms with E-state index in [2.05, 4.69) is 35.8 Å². The van der Waals surface area contributed by atoms with Gasteiger partial charge >= 0.3 is 5.97 Å². The summed E-state index contributed by atoms with van der Waals surface area (Å²) in [4.78, 5) is 18.3. The fourth-order valence-electron chi connectivity index (χ4n) is 2.32. The van der Waals surface area contributed by atoms with Gasteiger partial charge in [0.15, 0.2) is 11.3 Å². The predicted octanol–water partition coefficient (Wildman–Crippen LogP) is 4.21. The summed E-state index contributed by atoms with van der Waals surface area (Å²) < 4.78 is 6.64. The number of carbonyl (C=O) groups excluding carboxylic acids is 1. The van der Waals surface area contributed by atoms with Gasteiger partial charge in [-0.3, -0.25) is 0 Å². The number of halogens is 1. The van der Waals surface area contributed by atoms with E-state index in [0.29, 0.717) is 17.4 Å². The van der Waals surface area contributed by atoms with Crippen molar-refractivity contribution in [2.45, 2.75) is 54.0 Å². The highest BCUT2D eigenvalue weighted by molar-refractivity contribution is 6.29. The van der Waals surface area contributed by atoms with Gasteiger partial charge in [-0.2, -0.15) is 9.61 Å². The monoisotopic (exact) mass is 354 g/mol. The minimum Gasteiger partial charge on any atom is -0.461 e. The molecule has 0 amide bonds. The second kappa shape index (κ2) is 9.47. The maximum absolute atomic E-state index is 11.9. The summed E-state index contributed by atoms with van der Waals surface area (Å²) in [6.07, 6.45) is 0.992. The van der Waals surface area contributed by atoms with Gasteiger partial charge in [-0.05, 0) is 27.2 Å². The smallest absolute Gasteiger partial charge is 0.358 e. The van der Waals surface area contributed by atoms with Crippen molar-refractivity contribution in [1.82, 2.24) is 14.6 Å². The van der Waals surface area contributed by atoms with E-state index in [1.165, 1.54) is 0 Å². The van der Waals surface area contributed by atoms with Crippen molar-refractivity contribution < 1.29 is 9.53 Å². The standard InChI is InChI=1S/C15H21ClN4O2.C2H6/c1-5-7-19(10(3)4)14-9-12(16)17-13-8-11(18-20(13)14)15(21)22-6-2;1-2/h8-10H,5-7H2,1-4H3;1-2H3.